The minimum Gasteiger partial charge on any atom is -0.318 e. The van der Waals surface area contributed by atoms with Crippen molar-refractivity contribution < 1.29 is 4.79 Å². The molecule has 5 rings (SSSR count). The van der Waals surface area contributed by atoms with Gasteiger partial charge in [-0.05, 0) is 60.4 Å². The van der Waals surface area contributed by atoms with Crippen LogP contribution in [0.3, 0.4) is 0 Å². The third-order valence-electron chi connectivity index (χ3n) is 5.97. The number of nitrogens with zero attached hydrogens (tertiary/aromatic N) is 2. The average Bonchev–Trinajstić information content (AvgIpc) is 3.21. The van der Waals surface area contributed by atoms with Gasteiger partial charge < -0.3 is 14.8 Å². The van der Waals surface area contributed by atoms with Gasteiger partial charge in [0.05, 0.1) is 18.3 Å². The van der Waals surface area contributed by atoms with Gasteiger partial charge in [-0.15, -0.1) is 0 Å². The number of benzene rings is 3. The number of carbonyl (C=O) groups excluding carboxylic acids is 1. The number of hydrogen-bond donors (Lipinski definition) is 1. The summed E-state index contributed by atoms with van der Waals surface area (Å²) in [5, 5.41) is 3.18. The summed E-state index contributed by atoms with van der Waals surface area (Å²) in [4.78, 5) is 15.7. The Balaban J connectivity index is 1.63. The zero-order valence-corrected chi connectivity index (χ0v) is 17.7. The number of hydrogen-bond acceptors (Lipinski definition) is 1. The highest BCUT2D eigenvalue weighted by molar-refractivity contribution is 5.91. The summed E-state index contributed by atoms with van der Waals surface area (Å²) < 4.78 is 2.21. The quantitative estimate of drug-likeness (QED) is 0.420. The van der Waals surface area contributed by atoms with Gasteiger partial charge >= 0.3 is 6.03 Å². The van der Waals surface area contributed by atoms with Gasteiger partial charge in [0.2, 0.25) is 0 Å². The lowest BCUT2D eigenvalue weighted by molar-refractivity contribution is 0.194. The Bertz CT molecular complexity index is 1240. The number of rotatable bonds is 2. The molecular formula is C27H25N3O. The third kappa shape index (κ3) is 3.50. The minimum atomic E-state index is -0.200. The number of anilines is 1. The van der Waals surface area contributed by atoms with Crippen LogP contribution in [-0.4, -0.2) is 15.5 Å². The Hall–Kier alpha value is -3.79. The molecule has 2 amide bonds. The Morgan fingerprint density at radius 2 is 1.68 bits per heavy atom. The van der Waals surface area contributed by atoms with E-state index in [9.17, 15) is 4.79 Å². The molecule has 3 aromatic carbocycles. The van der Waals surface area contributed by atoms with E-state index >= 15 is 0 Å². The molecule has 4 nitrogen and oxygen atoms in total. The minimum absolute atomic E-state index is 0.105. The number of carbonyl (C=O) groups is 1. The maximum absolute atomic E-state index is 13.7. The summed E-state index contributed by atoms with van der Waals surface area (Å²) in [5.74, 6) is 0. The summed E-state index contributed by atoms with van der Waals surface area (Å²) in [6, 6.07) is 28.5. The van der Waals surface area contributed by atoms with Gasteiger partial charge in [0, 0.05) is 17.6 Å². The predicted octanol–water partition coefficient (Wildman–Crippen LogP) is 6.23. The Morgan fingerprint density at radius 1 is 0.903 bits per heavy atom. The van der Waals surface area contributed by atoms with Crippen molar-refractivity contribution in [1.82, 2.24) is 9.47 Å². The SMILES string of the molecule is Cc1ccc(C)c(NC(=O)N2Cc3ccccc3-n3cccc3[C@@H]2c2ccccc2)c1. The topological polar surface area (TPSA) is 37.3 Å². The molecule has 31 heavy (non-hydrogen) atoms. The molecule has 2 heterocycles. The molecule has 4 aromatic rings. The number of aromatic nitrogens is 1. The van der Waals surface area contributed by atoms with E-state index in [0.29, 0.717) is 6.54 Å². The van der Waals surface area contributed by atoms with Crippen molar-refractivity contribution in [2.75, 3.05) is 5.32 Å². The van der Waals surface area contributed by atoms with E-state index in [0.717, 1.165) is 39.3 Å². The molecule has 0 saturated heterocycles. The van der Waals surface area contributed by atoms with E-state index in [4.69, 9.17) is 0 Å². The zero-order valence-electron chi connectivity index (χ0n) is 17.7. The normalized spacial score (nSPS) is 15.0. The smallest absolute Gasteiger partial charge is 0.318 e. The molecule has 0 fully saturated rings. The molecule has 0 unspecified atom stereocenters. The monoisotopic (exact) mass is 407 g/mol. The van der Waals surface area contributed by atoms with Gasteiger partial charge in [-0.2, -0.15) is 0 Å². The maximum atomic E-state index is 13.7. The van der Waals surface area contributed by atoms with Crippen LogP contribution in [0.5, 0.6) is 0 Å². The summed E-state index contributed by atoms with van der Waals surface area (Å²) in [7, 11) is 0. The summed E-state index contributed by atoms with van der Waals surface area (Å²) in [5.41, 5.74) is 7.42. The molecule has 1 N–H and O–H groups in total. The molecule has 154 valence electrons. The molecule has 0 radical (unpaired) electrons. The van der Waals surface area contributed by atoms with Gasteiger partial charge in [0.25, 0.3) is 0 Å². The van der Waals surface area contributed by atoms with Crippen LogP contribution >= 0.6 is 0 Å². The van der Waals surface area contributed by atoms with Crippen molar-refractivity contribution in [3.05, 3.63) is 119 Å². The zero-order chi connectivity index (χ0) is 21.4. The Labute approximate surface area is 182 Å². The van der Waals surface area contributed by atoms with Crippen molar-refractivity contribution in [2.24, 2.45) is 0 Å². The van der Waals surface area contributed by atoms with Crippen molar-refractivity contribution in [3.63, 3.8) is 0 Å². The molecular weight excluding hydrogens is 382 g/mol. The van der Waals surface area contributed by atoms with Gasteiger partial charge in [-0.3, -0.25) is 0 Å². The fourth-order valence-corrected chi connectivity index (χ4v) is 4.38. The van der Waals surface area contributed by atoms with E-state index < -0.39 is 0 Å². The Kier molecular flexibility index (Phi) is 4.83. The first-order valence-electron chi connectivity index (χ1n) is 10.6. The van der Waals surface area contributed by atoms with Gasteiger partial charge in [-0.1, -0.05) is 60.7 Å². The standard InChI is InChI=1S/C27H25N3O/c1-19-14-15-20(2)23(17-19)28-27(31)30-18-22-11-6-7-12-24(22)29-16-8-13-25(29)26(30)21-9-4-3-5-10-21/h3-17,26H,18H2,1-2H3,(H,28,31)/t26-/m0/s1. The second-order valence-electron chi connectivity index (χ2n) is 8.12. The number of aryl methyl sites for hydroxylation is 2. The van der Waals surface area contributed by atoms with E-state index in [1.807, 2.05) is 67.3 Å². The van der Waals surface area contributed by atoms with E-state index in [2.05, 4.69) is 52.5 Å². The highest BCUT2D eigenvalue weighted by Gasteiger charge is 2.33. The van der Waals surface area contributed by atoms with Crippen LogP contribution in [0, 0.1) is 13.8 Å². The van der Waals surface area contributed by atoms with Crippen molar-refractivity contribution in [2.45, 2.75) is 26.4 Å². The van der Waals surface area contributed by atoms with Crippen LogP contribution in [0.4, 0.5) is 10.5 Å². The van der Waals surface area contributed by atoms with E-state index in [-0.39, 0.29) is 12.1 Å². The highest BCUT2D eigenvalue weighted by Crippen LogP contribution is 2.37. The number of para-hydroxylation sites is 1. The van der Waals surface area contributed by atoms with Crippen LogP contribution < -0.4 is 5.32 Å². The van der Waals surface area contributed by atoms with Crippen molar-refractivity contribution in [3.8, 4) is 5.69 Å². The van der Waals surface area contributed by atoms with Gasteiger partial charge in [0.15, 0.2) is 0 Å². The largest absolute Gasteiger partial charge is 0.322 e. The molecule has 1 atom stereocenters. The maximum Gasteiger partial charge on any atom is 0.322 e. The van der Waals surface area contributed by atoms with Crippen LogP contribution in [-0.2, 0) is 6.54 Å². The van der Waals surface area contributed by atoms with Crippen molar-refractivity contribution >= 4 is 11.7 Å². The van der Waals surface area contributed by atoms with Gasteiger partial charge in [0.1, 0.15) is 0 Å². The molecule has 1 aliphatic heterocycles. The molecule has 0 spiro atoms. The lowest BCUT2D eigenvalue weighted by Crippen LogP contribution is -2.38. The second-order valence-corrected chi connectivity index (χ2v) is 8.12. The molecule has 0 aliphatic carbocycles. The number of urea groups is 1. The predicted molar refractivity (Wildman–Crippen MR) is 125 cm³/mol. The fraction of sp³-hybridized carbons (Fsp3) is 0.148. The van der Waals surface area contributed by atoms with E-state index in [1.165, 1.54) is 0 Å². The van der Waals surface area contributed by atoms with Gasteiger partial charge in [-0.25, -0.2) is 4.79 Å². The van der Waals surface area contributed by atoms with E-state index in [1.54, 1.807) is 0 Å². The molecule has 1 aliphatic rings. The average molecular weight is 408 g/mol. The number of amides is 2. The van der Waals surface area contributed by atoms with Crippen LogP contribution in [0.25, 0.3) is 5.69 Å². The fourth-order valence-electron chi connectivity index (χ4n) is 4.38. The summed E-state index contributed by atoms with van der Waals surface area (Å²) in [6.45, 7) is 4.58. The van der Waals surface area contributed by atoms with Crippen LogP contribution in [0.2, 0.25) is 0 Å². The first-order valence-corrected chi connectivity index (χ1v) is 10.6. The lowest BCUT2D eigenvalue weighted by atomic mass is 10.0. The first kappa shape index (κ1) is 19.2. The van der Waals surface area contributed by atoms with Crippen LogP contribution in [0.1, 0.15) is 34.0 Å². The first-order chi connectivity index (χ1) is 15.1. The third-order valence-corrected chi connectivity index (χ3v) is 5.97. The van der Waals surface area contributed by atoms with Crippen LogP contribution in [0.15, 0.2) is 91.1 Å². The molecule has 1 aromatic heterocycles. The Morgan fingerprint density at radius 3 is 2.52 bits per heavy atom. The second kappa shape index (κ2) is 7.80. The molecule has 0 saturated carbocycles. The molecule has 4 heteroatoms. The number of nitrogens with one attached hydrogen (secondary N) is 1. The summed E-state index contributed by atoms with van der Waals surface area (Å²) >= 11 is 0. The highest BCUT2D eigenvalue weighted by atomic mass is 16.2. The van der Waals surface area contributed by atoms with Crippen molar-refractivity contribution in [1.29, 1.82) is 0 Å². The lowest BCUT2D eigenvalue weighted by Gasteiger charge is -2.31. The molecule has 0 bridgehead atoms. The summed E-state index contributed by atoms with van der Waals surface area (Å²) in [6.07, 6.45) is 2.08. The number of fused-ring (bicyclic) bond motifs is 3.